The van der Waals surface area contributed by atoms with E-state index >= 15 is 0 Å². The number of fused-ring (bicyclic) bond motifs is 2. The molecule has 2 atom stereocenters. The molecule has 1 aromatic rings. The lowest BCUT2D eigenvalue weighted by atomic mass is 10.0. The molecule has 3 nitrogen and oxygen atoms in total. The van der Waals surface area contributed by atoms with Crippen LogP contribution in [0, 0.1) is 0 Å². The molecule has 0 fully saturated rings. The molecule has 0 saturated carbocycles. The van der Waals surface area contributed by atoms with Gasteiger partial charge in [0.1, 0.15) is 13.2 Å². The van der Waals surface area contributed by atoms with Gasteiger partial charge in [-0.1, -0.05) is 6.92 Å². The third-order valence-electron chi connectivity index (χ3n) is 3.29. The van der Waals surface area contributed by atoms with Crippen LogP contribution in [0.2, 0.25) is 0 Å². The Bertz CT molecular complexity index is 436. The Kier molecular flexibility index (Phi) is 2.92. The standard InChI is InChI=1S/C13H17NO2S/c1-8-5-10(14-2)9-6-11-12(7-13(9)17-8)16-4-3-15-11/h6-8,10,14H,3-5H2,1-2H3. The molecule has 0 radical (unpaired) electrons. The number of benzene rings is 1. The van der Waals surface area contributed by atoms with Gasteiger partial charge in [-0.2, -0.15) is 0 Å². The monoisotopic (exact) mass is 251 g/mol. The molecule has 0 aromatic heterocycles. The van der Waals surface area contributed by atoms with E-state index in [1.807, 2.05) is 18.8 Å². The Morgan fingerprint density at radius 1 is 1.24 bits per heavy atom. The average Bonchev–Trinajstić information content (AvgIpc) is 2.35. The smallest absolute Gasteiger partial charge is 0.162 e. The lowest BCUT2D eigenvalue weighted by Gasteiger charge is -2.31. The number of hydrogen-bond acceptors (Lipinski definition) is 4. The molecule has 3 rings (SSSR count). The van der Waals surface area contributed by atoms with E-state index in [1.165, 1.54) is 10.5 Å². The zero-order chi connectivity index (χ0) is 11.8. The van der Waals surface area contributed by atoms with E-state index in [1.54, 1.807) is 0 Å². The first-order chi connectivity index (χ1) is 8.28. The van der Waals surface area contributed by atoms with Gasteiger partial charge in [-0.15, -0.1) is 11.8 Å². The predicted molar refractivity (Wildman–Crippen MR) is 69.2 cm³/mol. The van der Waals surface area contributed by atoms with Crippen LogP contribution in [-0.2, 0) is 0 Å². The summed E-state index contributed by atoms with van der Waals surface area (Å²) >= 11 is 1.93. The summed E-state index contributed by atoms with van der Waals surface area (Å²) < 4.78 is 11.3. The van der Waals surface area contributed by atoms with E-state index in [0.29, 0.717) is 24.5 Å². The molecule has 2 aliphatic rings. The first-order valence-electron chi connectivity index (χ1n) is 6.05. The highest BCUT2D eigenvalue weighted by Gasteiger charge is 2.27. The second-order valence-electron chi connectivity index (χ2n) is 4.54. The van der Waals surface area contributed by atoms with Crippen molar-refractivity contribution in [2.75, 3.05) is 20.3 Å². The SMILES string of the molecule is CNC1CC(C)Sc2cc3c(cc21)OCCO3. The number of nitrogens with one attached hydrogen (secondary N) is 1. The normalized spacial score (nSPS) is 26.5. The molecular weight excluding hydrogens is 234 g/mol. The summed E-state index contributed by atoms with van der Waals surface area (Å²) in [5.74, 6) is 1.79. The second-order valence-corrected chi connectivity index (χ2v) is 6.02. The lowest BCUT2D eigenvalue weighted by molar-refractivity contribution is 0.170. The molecule has 4 heteroatoms. The summed E-state index contributed by atoms with van der Waals surface area (Å²) in [7, 11) is 2.02. The zero-order valence-corrected chi connectivity index (χ0v) is 11.0. The van der Waals surface area contributed by atoms with E-state index in [0.717, 1.165) is 17.9 Å². The maximum absolute atomic E-state index is 5.65. The molecule has 2 unspecified atom stereocenters. The quantitative estimate of drug-likeness (QED) is 0.831. The van der Waals surface area contributed by atoms with Crippen molar-refractivity contribution in [3.05, 3.63) is 17.7 Å². The molecular formula is C13H17NO2S. The second kappa shape index (κ2) is 4.42. The Morgan fingerprint density at radius 3 is 2.65 bits per heavy atom. The van der Waals surface area contributed by atoms with Gasteiger partial charge in [-0.3, -0.25) is 0 Å². The molecule has 0 amide bonds. The van der Waals surface area contributed by atoms with Crippen LogP contribution in [0.4, 0.5) is 0 Å². The summed E-state index contributed by atoms with van der Waals surface area (Å²) in [4.78, 5) is 1.33. The van der Waals surface area contributed by atoms with Crippen molar-refractivity contribution in [3.8, 4) is 11.5 Å². The maximum Gasteiger partial charge on any atom is 0.162 e. The summed E-state index contributed by atoms with van der Waals surface area (Å²) in [6, 6.07) is 4.70. The van der Waals surface area contributed by atoms with Gasteiger partial charge in [0.15, 0.2) is 11.5 Å². The Hall–Kier alpha value is -0.870. The minimum absolute atomic E-state index is 0.428. The molecule has 17 heavy (non-hydrogen) atoms. The van der Waals surface area contributed by atoms with E-state index in [9.17, 15) is 0 Å². The largest absolute Gasteiger partial charge is 0.486 e. The van der Waals surface area contributed by atoms with Crippen LogP contribution in [0.25, 0.3) is 0 Å². The minimum atomic E-state index is 0.428. The lowest BCUT2D eigenvalue weighted by Crippen LogP contribution is -2.25. The molecule has 2 heterocycles. The Balaban J connectivity index is 2.04. The fourth-order valence-electron chi connectivity index (χ4n) is 2.46. The van der Waals surface area contributed by atoms with E-state index in [4.69, 9.17) is 9.47 Å². The summed E-state index contributed by atoms with van der Waals surface area (Å²) in [5.41, 5.74) is 1.35. The predicted octanol–water partition coefficient (Wildman–Crippen LogP) is 2.60. The topological polar surface area (TPSA) is 30.5 Å². The van der Waals surface area contributed by atoms with Crippen LogP contribution in [-0.4, -0.2) is 25.5 Å². The first kappa shape index (κ1) is 11.2. The first-order valence-corrected chi connectivity index (χ1v) is 6.93. The molecule has 1 aromatic carbocycles. The van der Waals surface area contributed by atoms with Gasteiger partial charge in [-0.05, 0) is 31.2 Å². The molecule has 0 saturated heterocycles. The highest BCUT2D eigenvalue weighted by molar-refractivity contribution is 8.00. The van der Waals surface area contributed by atoms with E-state index < -0.39 is 0 Å². The van der Waals surface area contributed by atoms with Gasteiger partial charge in [0.25, 0.3) is 0 Å². The number of hydrogen-bond donors (Lipinski definition) is 1. The van der Waals surface area contributed by atoms with Crippen molar-refractivity contribution in [1.29, 1.82) is 0 Å². The van der Waals surface area contributed by atoms with Crippen molar-refractivity contribution in [3.63, 3.8) is 0 Å². The molecule has 0 aliphatic carbocycles. The summed E-state index contributed by atoms with van der Waals surface area (Å²) in [6.07, 6.45) is 1.16. The van der Waals surface area contributed by atoms with Gasteiger partial charge in [0.05, 0.1) is 0 Å². The van der Waals surface area contributed by atoms with E-state index in [-0.39, 0.29) is 0 Å². The van der Waals surface area contributed by atoms with Crippen LogP contribution in [0.15, 0.2) is 17.0 Å². The average molecular weight is 251 g/mol. The van der Waals surface area contributed by atoms with Crippen molar-refractivity contribution in [2.24, 2.45) is 0 Å². The van der Waals surface area contributed by atoms with Crippen LogP contribution in [0.1, 0.15) is 24.9 Å². The fourth-order valence-corrected chi connectivity index (χ4v) is 3.69. The molecule has 1 N–H and O–H groups in total. The van der Waals surface area contributed by atoms with Crippen molar-refractivity contribution in [1.82, 2.24) is 5.32 Å². The van der Waals surface area contributed by atoms with E-state index in [2.05, 4.69) is 24.4 Å². The highest BCUT2D eigenvalue weighted by Crippen LogP contribution is 2.45. The number of rotatable bonds is 1. The summed E-state index contributed by atoms with van der Waals surface area (Å²) in [6.45, 7) is 3.58. The van der Waals surface area contributed by atoms with Crippen molar-refractivity contribution < 1.29 is 9.47 Å². The van der Waals surface area contributed by atoms with Crippen LogP contribution in [0.5, 0.6) is 11.5 Å². The summed E-state index contributed by atoms with van der Waals surface area (Å²) in [5, 5.41) is 4.03. The van der Waals surface area contributed by atoms with Gasteiger partial charge in [0, 0.05) is 16.2 Å². The third kappa shape index (κ3) is 2.00. The van der Waals surface area contributed by atoms with Gasteiger partial charge in [0.2, 0.25) is 0 Å². The molecule has 2 aliphatic heterocycles. The Morgan fingerprint density at radius 2 is 1.94 bits per heavy atom. The van der Waals surface area contributed by atoms with Crippen LogP contribution >= 0.6 is 11.8 Å². The third-order valence-corrected chi connectivity index (χ3v) is 4.50. The molecule has 0 spiro atoms. The highest BCUT2D eigenvalue weighted by atomic mass is 32.2. The van der Waals surface area contributed by atoms with Gasteiger partial charge >= 0.3 is 0 Å². The number of ether oxygens (including phenoxy) is 2. The maximum atomic E-state index is 5.65. The molecule has 0 bridgehead atoms. The van der Waals surface area contributed by atoms with Gasteiger partial charge < -0.3 is 14.8 Å². The molecule has 92 valence electrons. The van der Waals surface area contributed by atoms with Crippen LogP contribution in [0.3, 0.4) is 0 Å². The van der Waals surface area contributed by atoms with Crippen molar-refractivity contribution in [2.45, 2.75) is 29.5 Å². The minimum Gasteiger partial charge on any atom is -0.486 e. The van der Waals surface area contributed by atoms with Crippen molar-refractivity contribution >= 4 is 11.8 Å². The Labute approximate surface area is 106 Å². The van der Waals surface area contributed by atoms with Crippen LogP contribution < -0.4 is 14.8 Å². The zero-order valence-electron chi connectivity index (χ0n) is 10.2. The number of thioether (sulfide) groups is 1. The fraction of sp³-hybridized carbons (Fsp3) is 0.538. The van der Waals surface area contributed by atoms with Gasteiger partial charge in [-0.25, -0.2) is 0 Å².